The first-order valence-electron chi connectivity index (χ1n) is 5.41. The van der Waals surface area contributed by atoms with Gasteiger partial charge in [-0.3, -0.25) is 0 Å². The van der Waals surface area contributed by atoms with E-state index < -0.39 is 16.0 Å². The summed E-state index contributed by atoms with van der Waals surface area (Å²) >= 11 is 5.85. The van der Waals surface area contributed by atoms with Gasteiger partial charge in [0.25, 0.3) is 0 Å². The summed E-state index contributed by atoms with van der Waals surface area (Å²) in [6.45, 7) is 0. The molecule has 0 bridgehead atoms. The van der Waals surface area contributed by atoms with Gasteiger partial charge in [0, 0.05) is 0 Å². The number of ether oxygens (including phenoxy) is 1. The molecule has 98 valence electrons. The number of esters is 1. The summed E-state index contributed by atoms with van der Waals surface area (Å²) < 4.78 is 27.5. The molecule has 1 fully saturated rings. The maximum atomic E-state index is 11.8. The number of hydrogen-bond donors (Lipinski definition) is 1. The zero-order valence-electron chi connectivity index (χ0n) is 9.43. The van der Waals surface area contributed by atoms with Crippen molar-refractivity contribution in [1.29, 1.82) is 0 Å². The molecular weight excluding hydrogens is 278 g/mol. The van der Waals surface area contributed by atoms with Crippen LogP contribution in [0, 0.1) is 0 Å². The third kappa shape index (κ3) is 2.82. The Balaban J connectivity index is 2.28. The molecule has 2 rings (SSSR count). The van der Waals surface area contributed by atoms with Crippen molar-refractivity contribution in [3.05, 3.63) is 28.8 Å². The monoisotopic (exact) mass is 289 g/mol. The SMILES string of the molecule is NS(=O)(=O)c1ccc(Cl)c(C(=O)OC2CCC2)c1. The van der Waals surface area contributed by atoms with E-state index in [4.69, 9.17) is 21.5 Å². The first-order chi connectivity index (χ1) is 8.38. The molecule has 0 radical (unpaired) electrons. The molecule has 0 aromatic heterocycles. The lowest BCUT2D eigenvalue weighted by atomic mass is 9.96. The zero-order valence-corrected chi connectivity index (χ0v) is 11.0. The van der Waals surface area contributed by atoms with Crippen LogP contribution in [0.3, 0.4) is 0 Å². The zero-order chi connectivity index (χ0) is 13.3. The van der Waals surface area contributed by atoms with E-state index in [0.717, 1.165) is 25.3 Å². The number of rotatable bonds is 3. The predicted molar refractivity (Wildman–Crippen MR) is 65.9 cm³/mol. The van der Waals surface area contributed by atoms with Gasteiger partial charge in [0.2, 0.25) is 10.0 Å². The third-order valence-electron chi connectivity index (χ3n) is 2.81. The molecule has 1 aromatic rings. The van der Waals surface area contributed by atoms with Crippen molar-refractivity contribution in [2.45, 2.75) is 30.3 Å². The average Bonchev–Trinajstić information content (AvgIpc) is 2.22. The Hall–Kier alpha value is -1.11. The van der Waals surface area contributed by atoms with Gasteiger partial charge in [0.05, 0.1) is 15.5 Å². The van der Waals surface area contributed by atoms with Crippen LogP contribution in [0.15, 0.2) is 23.1 Å². The fraction of sp³-hybridized carbons (Fsp3) is 0.364. The molecule has 2 N–H and O–H groups in total. The van der Waals surface area contributed by atoms with Gasteiger partial charge in [-0.15, -0.1) is 0 Å². The van der Waals surface area contributed by atoms with E-state index in [-0.39, 0.29) is 21.6 Å². The summed E-state index contributed by atoms with van der Waals surface area (Å²) in [4.78, 5) is 11.6. The molecule has 7 heteroatoms. The summed E-state index contributed by atoms with van der Waals surface area (Å²) in [5, 5.41) is 5.14. The van der Waals surface area contributed by atoms with Crippen LogP contribution in [0.1, 0.15) is 29.6 Å². The maximum Gasteiger partial charge on any atom is 0.339 e. The second-order valence-corrected chi connectivity index (χ2v) is 6.11. The van der Waals surface area contributed by atoms with Crippen molar-refractivity contribution in [3.8, 4) is 0 Å². The van der Waals surface area contributed by atoms with Crippen LogP contribution in [-0.2, 0) is 14.8 Å². The molecule has 1 aromatic carbocycles. The van der Waals surface area contributed by atoms with Gasteiger partial charge in [-0.05, 0) is 37.5 Å². The van der Waals surface area contributed by atoms with Crippen LogP contribution >= 0.6 is 11.6 Å². The summed E-state index contributed by atoms with van der Waals surface area (Å²) in [5.74, 6) is -0.616. The molecule has 0 atom stereocenters. The minimum absolute atomic E-state index is 0.0232. The highest BCUT2D eigenvalue weighted by atomic mass is 35.5. The van der Waals surface area contributed by atoms with Crippen LogP contribution < -0.4 is 5.14 Å². The van der Waals surface area contributed by atoms with Gasteiger partial charge in [-0.1, -0.05) is 11.6 Å². The van der Waals surface area contributed by atoms with Gasteiger partial charge >= 0.3 is 5.97 Å². The number of carbonyl (C=O) groups excluding carboxylic acids is 1. The summed E-state index contributed by atoms with van der Waals surface area (Å²) in [7, 11) is -3.86. The number of nitrogens with two attached hydrogens (primary N) is 1. The van der Waals surface area contributed by atoms with Crippen LogP contribution in [0.25, 0.3) is 0 Å². The summed E-state index contributed by atoms with van der Waals surface area (Å²) in [5.41, 5.74) is 0.0232. The summed E-state index contributed by atoms with van der Waals surface area (Å²) in [6.07, 6.45) is 2.60. The topological polar surface area (TPSA) is 86.5 Å². The second-order valence-electron chi connectivity index (χ2n) is 4.14. The van der Waals surface area contributed by atoms with Gasteiger partial charge in [-0.2, -0.15) is 0 Å². The Bertz CT molecular complexity index is 581. The molecule has 0 amide bonds. The number of primary sulfonamides is 1. The van der Waals surface area contributed by atoms with Crippen LogP contribution in [0.2, 0.25) is 5.02 Å². The van der Waals surface area contributed by atoms with Crippen molar-refractivity contribution in [1.82, 2.24) is 0 Å². The molecule has 1 aliphatic rings. The maximum absolute atomic E-state index is 11.8. The van der Waals surface area contributed by atoms with Crippen molar-refractivity contribution in [3.63, 3.8) is 0 Å². The molecule has 0 unspecified atom stereocenters. The second kappa shape index (κ2) is 4.87. The molecule has 1 saturated carbocycles. The highest BCUT2D eigenvalue weighted by molar-refractivity contribution is 7.89. The van der Waals surface area contributed by atoms with Crippen LogP contribution in [0.4, 0.5) is 0 Å². The van der Waals surface area contributed by atoms with Gasteiger partial charge in [0.15, 0.2) is 0 Å². The molecule has 0 spiro atoms. The Morgan fingerprint density at radius 2 is 2.06 bits per heavy atom. The minimum Gasteiger partial charge on any atom is -0.459 e. The van der Waals surface area contributed by atoms with E-state index >= 15 is 0 Å². The number of benzene rings is 1. The Morgan fingerprint density at radius 1 is 1.39 bits per heavy atom. The molecule has 5 nitrogen and oxygen atoms in total. The minimum atomic E-state index is -3.86. The smallest absolute Gasteiger partial charge is 0.339 e. The number of sulfonamides is 1. The van der Waals surface area contributed by atoms with Crippen molar-refractivity contribution in [2.75, 3.05) is 0 Å². The molecule has 1 aliphatic carbocycles. The predicted octanol–water partition coefficient (Wildman–Crippen LogP) is 1.70. The Kier molecular flexibility index (Phi) is 3.61. The lowest BCUT2D eigenvalue weighted by Crippen LogP contribution is -2.25. The van der Waals surface area contributed by atoms with Gasteiger partial charge in [0.1, 0.15) is 6.10 Å². The fourth-order valence-corrected chi connectivity index (χ4v) is 2.28. The third-order valence-corrected chi connectivity index (χ3v) is 4.05. The lowest BCUT2D eigenvalue weighted by molar-refractivity contribution is 0.00900. The number of halogens is 1. The fourth-order valence-electron chi connectivity index (χ4n) is 1.54. The first-order valence-corrected chi connectivity index (χ1v) is 7.33. The number of carbonyl (C=O) groups is 1. The van der Waals surface area contributed by atoms with Crippen molar-refractivity contribution >= 4 is 27.6 Å². The van der Waals surface area contributed by atoms with E-state index in [2.05, 4.69) is 0 Å². The largest absolute Gasteiger partial charge is 0.459 e. The Labute approximate surface area is 110 Å². The normalized spacial score (nSPS) is 16.1. The first kappa shape index (κ1) is 13.3. The lowest BCUT2D eigenvalue weighted by Gasteiger charge is -2.25. The highest BCUT2D eigenvalue weighted by Crippen LogP contribution is 2.26. The molecule has 0 saturated heterocycles. The van der Waals surface area contributed by atoms with E-state index in [1.807, 2.05) is 0 Å². The molecule has 18 heavy (non-hydrogen) atoms. The van der Waals surface area contributed by atoms with Crippen molar-refractivity contribution < 1.29 is 17.9 Å². The van der Waals surface area contributed by atoms with Gasteiger partial charge < -0.3 is 4.74 Å². The quantitative estimate of drug-likeness (QED) is 0.858. The van der Waals surface area contributed by atoms with Crippen LogP contribution in [-0.4, -0.2) is 20.5 Å². The molecule has 0 aliphatic heterocycles. The van der Waals surface area contributed by atoms with Crippen LogP contribution in [0.5, 0.6) is 0 Å². The molecular formula is C11H12ClNO4S. The van der Waals surface area contributed by atoms with Gasteiger partial charge in [-0.25, -0.2) is 18.4 Å². The standard InChI is InChI=1S/C11H12ClNO4S/c12-10-5-4-8(18(13,15)16)6-9(10)11(14)17-7-2-1-3-7/h4-7H,1-3H2,(H2,13,15,16). The molecule has 0 heterocycles. The Morgan fingerprint density at radius 3 is 2.56 bits per heavy atom. The van der Waals surface area contributed by atoms with E-state index in [9.17, 15) is 13.2 Å². The van der Waals surface area contributed by atoms with E-state index in [1.54, 1.807) is 0 Å². The van der Waals surface area contributed by atoms with E-state index in [0.29, 0.717) is 0 Å². The highest BCUT2D eigenvalue weighted by Gasteiger charge is 2.24. The van der Waals surface area contributed by atoms with E-state index in [1.165, 1.54) is 12.1 Å². The average molecular weight is 290 g/mol. The van der Waals surface area contributed by atoms with Crippen molar-refractivity contribution in [2.24, 2.45) is 5.14 Å². The summed E-state index contributed by atoms with van der Waals surface area (Å²) in [6, 6.07) is 3.70. The number of hydrogen-bond acceptors (Lipinski definition) is 4.